The Bertz CT molecular complexity index is 772. The van der Waals surface area contributed by atoms with Gasteiger partial charge in [0.05, 0.1) is 24.8 Å². The molecule has 0 fully saturated rings. The van der Waals surface area contributed by atoms with Gasteiger partial charge in [-0.1, -0.05) is 18.2 Å². The van der Waals surface area contributed by atoms with Crippen LogP contribution in [-0.4, -0.2) is 21.0 Å². The summed E-state index contributed by atoms with van der Waals surface area (Å²) in [6.07, 6.45) is 2.29. The van der Waals surface area contributed by atoms with Gasteiger partial charge in [0.15, 0.2) is 10.8 Å². The highest BCUT2D eigenvalue weighted by atomic mass is 32.1. The van der Waals surface area contributed by atoms with Crippen molar-refractivity contribution in [3.8, 4) is 6.07 Å². The Hall–Kier alpha value is -2.36. The third kappa shape index (κ3) is 2.49. The van der Waals surface area contributed by atoms with E-state index < -0.39 is 0 Å². The van der Waals surface area contributed by atoms with Gasteiger partial charge >= 0.3 is 0 Å². The minimum atomic E-state index is -0.0941. The van der Waals surface area contributed by atoms with E-state index in [1.54, 1.807) is 0 Å². The first kappa shape index (κ1) is 13.6. The maximum atomic E-state index is 9.70. The van der Waals surface area contributed by atoms with Gasteiger partial charge < -0.3 is 10.0 Å². The molecule has 0 aliphatic carbocycles. The van der Waals surface area contributed by atoms with E-state index in [2.05, 4.69) is 11.1 Å². The monoisotopic (exact) mass is 298 g/mol. The summed E-state index contributed by atoms with van der Waals surface area (Å²) in [4.78, 5) is 7.43. The quantitative estimate of drug-likeness (QED) is 0.786. The lowest BCUT2D eigenvalue weighted by Crippen LogP contribution is -2.20. The molecule has 21 heavy (non-hydrogen) atoms. The van der Waals surface area contributed by atoms with Crippen molar-refractivity contribution in [1.29, 1.82) is 5.26 Å². The fourth-order valence-electron chi connectivity index (χ4n) is 2.31. The van der Waals surface area contributed by atoms with Gasteiger partial charge in [0.1, 0.15) is 0 Å². The molecule has 0 spiro atoms. The van der Waals surface area contributed by atoms with Crippen molar-refractivity contribution in [2.24, 2.45) is 0 Å². The number of hydrogen-bond donors (Lipinski definition) is 1. The van der Waals surface area contributed by atoms with Gasteiger partial charge in [-0.15, -0.1) is 11.3 Å². The summed E-state index contributed by atoms with van der Waals surface area (Å²) in [5.41, 5.74) is 1.71. The maximum Gasteiger partial charge on any atom is 0.195 e. The number of aliphatic hydroxyl groups is 1. The molecule has 3 aromatic rings. The molecule has 106 valence electrons. The van der Waals surface area contributed by atoms with E-state index in [1.165, 1.54) is 11.3 Å². The van der Waals surface area contributed by atoms with E-state index in [0.29, 0.717) is 18.8 Å². The number of rotatable bonds is 5. The number of hydrogen-bond acceptors (Lipinski definition) is 5. The van der Waals surface area contributed by atoms with Crippen molar-refractivity contribution in [2.75, 3.05) is 11.4 Å². The van der Waals surface area contributed by atoms with Crippen LogP contribution in [0, 0.1) is 11.3 Å². The lowest BCUT2D eigenvalue weighted by Gasteiger charge is -2.22. The van der Waals surface area contributed by atoms with E-state index in [4.69, 9.17) is 5.26 Å². The van der Waals surface area contributed by atoms with Crippen molar-refractivity contribution >= 4 is 27.8 Å². The second-order valence-corrected chi connectivity index (χ2v) is 5.36. The van der Waals surface area contributed by atoms with Gasteiger partial charge in [-0.3, -0.25) is 4.40 Å². The van der Waals surface area contributed by atoms with Crippen LogP contribution in [0.2, 0.25) is 0 Å². The fraction of sp³-hybridized carbons (Fsp3) is 0.200. The van der Waals surface area contributed by atoms with E-state index in [9.17, 15) is 5.11 Å². The molecule has 0 atom stereocenters. The summed E-state index contributed by atoms with van der Waals surface area (Å²) in [6, 6.07) is 12.0. The molecule has 6 heteroatoms. The lowest BCUT2D eigenvalue weighted by atomic mass is 10.2. The smallest absolute Gasteiger partial charge is 0.195 e. The molecule has 3 rings (SSSR count). The van der Waals surface area contributed by atoms with Crippen LogP contribution in [0.3, 0.4) is 0 Å². The SMILES string of the molecule is N#CCCN(c1ccccc1)c1nc2sccn2c1CO. The van der Waals surface area contributed by atoms with Crippen LogP contribution < -0.4 is 4.90 Å². The highest BCUT2D eigenvalue weighted by Crippen LogP contribution is 2.30. The lowest BCUT2D eigenvalue weighted by molar-refractivity contribution is 0.276. The van der Waals surface area contributed by atoms with Crippen LogP contribution in [0.1, 0.15) is 12.1 Å². The Morgan fingerprint density at radius 1 is 1.33 bits per heavy atom. The topological polar surface area (TPSA) is 64.6 Å². The second kappa shape index (κ2) is 5.95. The van der Waals surface area contributed by atoms with Gasteiger partial charge in [0, 0.05) is 23.8 Å². The molecule has 0 radical (unpaired) electrons. The van der Waals surface area contributed by atoms with E-state index in [1.807, 2.05) is 51.2 Å². The van der Waals surface area contributed by atoms with Crippen LogP contribution in [0.5, 0.6) is 0 Å². The maximum absolute atomic E-state index is 9.70. The Labute approximate surface area is 126 Å². The summed E-state index contributed by atoms with van der Waals surface area (Å²) in [7, 11) is 0. The standard InChI is InChI=1S/C15H14N4OS/c16-7-4-8-18(12-5-2-1-3-6-12)14-13(11-20)19-9-10-21-15(19)17-14/h1-3,5-6,9-10,20H,4,8,11H2. The molecule has 1 aromatic carbocycles. The number of imidazole rings is 1. The zero-order valence-electron chi connectivity index (χ0n) is 11.3. The molecule has 0 bridgehead atoms. The van der Waals surface area contributed by atoms with Gasteiger partial charge in [-0.05, 0) is 12.1 Å². The van der Waals surface area contributed by atoms with Crippen LogP contribution in [0.15, 0.2) is 41.9 Å². The molecule has 2 heterocycles. The summed E-state index contributed by atoms with van der Waals surface area (Å²) in [6.45, 7) is 0.446. The van der Waals surface area contributed by atoms with Crippen molar-refractivity contribution in [3.63, 3.8) is 0 Å². The molecule has 0 aliphatic heterocycles. The van der Waals surface area contributed by atoms with Crippen LogP contribution in [-0.2, 0) is 6.61 Å². The molecule has 0 aliphatic rings. The number of nitrogens with zero attached hydrogens (tertiary/aromatic N) is 4. The number of anilines is 2. The van der Waals surface area contributed by atoms with Crippen molar-refractivity contribution in [1.82, 2.24) is 9.38 Å². The molecule has 1 N–H and O–H groups in total. The summed E-state index contributed by atoms with van der Waals surface area (Å²) < 4.78 is 1.89. The number of para-hydroxylation sites is 1. The zero-order chi connectivity index (χ0) is 14.7. The second-order valence-electron chi connectivity index (χ2n) is 4.49. The van der Waals surface area contributed by atoms with Crippen molar-refractivity contribution in [2.45, 2.75) is 13.0 Å². The number of nitriles is 1. The number of aliphatic hydroxyl groups excluding tert-OH is 1. The molecule has 0 saturated heterocycles. The van der Waals surface area contributed by atoms with Crippen molar-refractivity contribution < 1.29 is 5.11 Å². The van der Waals surface area contributed by atoms with Gasteiger partial charge in [-0.2, -0.15) is 5.26 Å². The average molecular weight is 298 g/mol. The summed E-state index contributed by atoms with van der Waals surface area (Å²) in [5, 5.41) is 20.5. The zero-order valence-corrected chi connectivity index (χ0v) is 12.1. The number of thiazole rings is 1. The number of benzene rings is 1. The Morgan fingerprint density at radius 3 is 2.86 bits per heavy atom. The molecule has 0 saturated carbocycles. The number of fused-ring (bicyclic) bond motifs is 1. The molecule has 0 amide bonds. The van der Waals surface area contributed by atoms with Crippen LogP contribution in [0.25, 0.3) is 4.96 Å². The van der Waals surface area contributed by atoms with E-state index in [-0.39, 0.29) is 6.61 Å². The Balaban J connectivity index is 2.09. The van der Waals surface area contributed by atoms with Crippen LogP contribution in [0.4, 0.5) is 11.5 Å². The first-order chi connectivity index (χ1) is 10.3. The molecular formula is C15H14N4OS. The van der Waals surface area contributed by atoms with E-state index >= 15 is 0 Å². The Morgan fingerprint density at radius 2 is 2.14 bits per heavy atom. The molecule has 2 aromatic heterocycles. The highest BCUT2D eigenvalue weighted by molar-refractivity contribution is 7.15. The average Bonchev–Trinajstić information content (AvgIpc) is 3.09. The predicted molar refractivity (Wildman–Crippen MR) is 82.7 cm³/mol. The molecule has 5 nitrogen and oxygen atoms in total. The van der Waals surface area contributed by atoms with Gasteiger partial charge in [-0.25, -0.2) is 4.98 Å². The van der Waals surface area contributed by atoms with E-state index in [0.717, 1.165) is 16.3 Å². The third-order valence-electron chi connectivity index (χ3n) is 3.26. The third-order valence-corrected chi connectivity index (χ3v) is 4.02. The Kier molecular flexibility index (Phi) is 3.86. The van der Waals surface area contributed by atoms with Crippen LogP contribution >= 0.6 is 11.3 Å². The summed E-state index contributed by atoms with van der Waals surface area (Å²) >= 11 is 1.52. The normalized spacial score (nSPS) is 10.7. The molecule has 0 unspecified atom stereocenters. The number of aromatic nitrogens is 2. The fourth-order valence-corrected chi connectivity index (χ4v) is 3.04. The van der Waals surface area contributed by atoms with Gasteiger partial charge in [0.2, 0.25) is 0 Å². The summed E-state index contributed by atoms with van der Waals surface area (Å²) in [5.74, 6) is 0.714. The minimum absolute atomic E-state index is 0.0941. The van der Waals surface area contributed by atoms with Crippen molar-refractivity contribution in [3.05, 3.63) is 47.6 Å². The largest absolute Gasteiger partial charge is 0.390 e. The van der Waals surface area contributed by atoms with Gasteiger partial charge in [0.25, 0.3) is 0 Å². The predicted octanol–water partition coefficient (Wildman–Crippen LogP) is 2.94. The molecular weight excluding hydrogens is 284 g/mol. The minimum Gasteiger partial charge on any atom is -0.390 e. The first-order valence-electron chi connectivity index (χ1n) is 6.60. The highest BCUT2D eigenvalue weighted by Gasteiger charge is 2.19. The first-order valence-corrected chi connectivity index (χ1v) is 7.48.